The number of nitrogens with zero attached hydrogens (tertiary/aromatic N) is 1. The monoisotopic (exact) mass is 178 g/mol. The Bertz CT molecular complexity index is 237. The van der Waals surface area contributed by atoms with Gasteiger partial charge in [-0.1, -0.05) is 19.9 Å². The lowest BCUT2D eigenvalue weighted by Crippen LogP contribution is -2.51. The first-order valence-electron chi connectivity index (χ1n) is 4.85. The summed E-state index contributed by atoms with van der Waals surface area (Å²) in [6, 6.07) is 2.44. The highest BCUT2D eigenvalue weighted by atomic mass is 15.0. The second-order valence-electron chi connectivity index (χ2n) is 4.42. The predicted molar refractivity (Wildman–Crippen MR) is 54.2 cm³/mol. The summed E-state index contributed by atoms with van der Waals surface area (Å²) in [4.78, 5) is 0. The highest BCUT2D eigenvalue weighted by Crippen LogP contribution is 2.45. The molecule has 0 heterocycles. The Morgan fingerprint density at radius 3 is 2.62 bits per heavy atom. The highest BCUT2D eigenvalue weighted by Gasteiger charge is 2.48. The van der Waals surface area contributed by atoms with Gasteiger partial charge in [-0.2, -0.15) is 5.26 Å². The maximum absolute atomic E-state index is 9.23. The molecule has 1 atom stereocenters. The van der Waals surface area contributed by atoms with Crippen molar-refractivity contribution in [3.8, 4) is 6.07 Å². The minimum Gasteiger partial charge on any atom is -0.295 e. The van der Waals surface area contributed by atoms with Crippen LogP contribution in [-0.2, 0) is 0 Å². The van der Waals surface area contributed by atoms with Crippen LogP contribution in [-0.4, -0.2) is 12.1 Å². The molecule has 0 radical (unpaired) electrons. The Morgan fingerprint density at radius 2 is 2.23 bits per heavy atom. The number of nitriles is 1. The minimum absolute atomic E-state index is 0.0881. The van der Waals surface area contributed by atoms with Gasteiger partial charge in [-0.3, -0.25) is 5.32 Å². The van der Waals surface area contributed by atoms with Gasteiger partial charge in [0.2, 0.25) is 0 Å². The third kappa shape index (κ3) is 1.62. The molecule has 0 amide bonds. The molecule has 0 bridgehead atoms. The first kappa shape index (κ1) is 10.3. The molecule has 1 rings (SSSR count). The van der Waals surface area contributed by atoms with E-state index in [1.807, 2.05) is 6.08 Å². The maximum atomic E-state index is 9.23. The van der Waals surface area contributed by atoms with Crippen LogP contribution in [0.2, 0.25) is 0 Å². The van der Waals surface area contributed by atoms with Crippen LogP contribution in [0, 0.1) is 16.7 Å². The van der Waals surface area contributed by atoms with E-state index in [9.17, 15) is 5.26 Å². The van der Waals surface area contributed by atoms with Crippen LogP contribution in [0.3, 0.4) is 0 Å². The molecular formula is C11H18N2. The Labute approximate surface area is 80.6 Å². The van der Waals surface area contributed by atoms with Crippen molar-refractivity contribution in [3.05, 3.63) is 12.7 Å². The van der Waals surface area contributed by atoms with Gasteiger partial charge in [0.1, 0.15) is 5.54 Å². The molecule has 1 aliphatic rings. The molecule has 0 aromatic carbocycles. The average molecular weight is 178 g/mol. The zero-order chi connectivity index (χ0) is 9.95. The second kappa shape index (κ2) is 3.51. The lowest BCUT2D eigenvalue weighted by Gasteiger charge is -2.36. The molecule has 2 nitrogen and oxygen atoms in total. The molecule has 13 heavy (non-hydrogen) atoms. The van der Waals surface area contributed by atoms with Crippen molar-refractivity contribution in [3.63, 3.8) is 0 Å². The molecule has 0 aromatic rings. The van der Waals surface area contributed by atoms with Crippen LogP contribution >= 0.6 is 0 Å². The summed E-state index contributed by atoms with van der Waals surface area (Å²) in [5.41, 5.74) is -0.244. The molecule has 1 N–H and O–H groups in total. The minimum atomic E-state index is -0.332. The number of nitrogens with one attached hydrogen (secondary N) is 1. The normalized spacial score (nSPS) is 31.2. The van der Waals surface area contributed by atoms with E-state index in [0.29, 0.717) is 0 Å². The summed E-state index contributed by atoms with van der Waals surface area (Å²) in [7, 11) is 0. The van der Waals surface area contributed by atoms with Crippen molar-refractivity contribution >= 4 is 0 Å². The van der Waals surface area contributed by atoms with Gasteiger partial charge in [-0.15, -0.1) is 6.58 Å². The van der Waals surface area contributed by atoms with Crippen molar-refractivity contribution in [2.75, 3.05) is 6.54 Å². The van der Waals surface area contributed by atoms with E-state index in [1.165, 1.54) is 0 Å². The summed E-state index contributed by atoms with van der Waals surface area (Å²) in [6.45, 7) is 8.71. The Balaban J connectivity index is 2.80. The van der Waals surface area contributed by atoms with Gasteiger partial charge in [-0.05, 0) is 24.7 Å². The molecule has 1 saturated carbocycles. The van der Waals surface area contributed by atoms with E-state index in [1.54, 1.807) is 0 Å². The lowest BCUT2D eigenvalue weighted by atomic mass is 9.76. The molecular weight excluding hydrogens is 160 g/mol. The highest BCUT2D eigenvalue weighted by molar-refractivity contribution is 5.18. The molecule has 1 aliphatic carbocycles. The van der Waals surface area contributed by atoms with Crippen LogP contribution in [0.15, 0.2) is 12.7 Å². The van der Waals surface area contributed by atoms with Crippen molar-refractivity contribution in [2.24, 2.45) is 5.41 Å². The fourth-order valence-electron chi connectivity index (χ4n) is 2.17. The average Bonchev–Trinajstić information content (AvgIpc) is 2.38. The predicted octanol–water partition coefficient (Wildman–Crippen LogP) is 2.23. The third-order valence-corrected chi connectivity index (χ3v) is 3.25. The quantitative estimate of drug-likeness (QED) is 0.673. The van der Waals surface area contributed by atoms with Crippen LogP contribution in [0.5, 0.6) is 0 Å². The second-order valence-corrected chi connectivity index (χ2v) is 4.42. The standard InChI is InChI=1S/C11H18N2/c1-4-8-13-11(9-12)7-5-6-10(11,2)3/h4,13H,1,5-8H2,2-3H3. The van der Waals surface area contributed by atoms with Crippen LogP contribution in [0.4, 0.5) is 0 Å². The van der Waals surface area contributed by atoms with Gasteiger partial charge >= 0.3 is 0 Å². The van der Waals surface area contributed by atoms with Crippen molar-refractivity contribution in [1.82, 2.24) is 5.32 Å². The molecule has 2 heteroatoms. The Kier molecular flexibility index (Phi) is 2.77. The SMILES string of the molecule is C=CCNC1(C#N)CCCC1(C)C. The Morgan fingerprint density at radius 1 is 1.54 bits per heavy atom. The molecule has 0 aromatic heterocycles. The molecule has 0 saturated heterocycles. The van der Waals surface area contributed by atoms with Crippen LogP contribution in [0.1, 0.15) is 33.1 Å². The number of rotatable bonds is 3. The van der Waals surface area contributed by atoms with E-state index in [2.05, 4.69) is 31.8 Å². The van der Waals surface area contributed by atoms with Crippen LogP contribution < -0.4 is 5.32 Å². The van der Waals surface area contributed by atoms with E-state index < -0.39 is 0 Å². The van der Waals surface area contributed by atoms with Crippen LogP contribution in [0.25, 0.3) is 0 Å². The maximum Gasteiger partial charge on any atom is 0.112 e. The molecule has 72 valence electrons. The third-order valence-electron chi connectivity index (χ3n) is 3.25. The van der Waals surface area contributed by atoms with E-state index in [4.69, 9.17) is 0 Å². The smallest absolute Gasteiger partial charge is 0.112 e. The summed E-state index contributed by atoms with van der Waals surface area (Å²) in [5, 5.41) is 12.5. The number of hydrogen-bond acceptors (Lipinski definition) is 2. The van der Waals surface area contributed by atoms with Gasteiger partial charge in [0.05, 0.1) is 6.07 Å². The zero-order valence-electron chi connectivity index (χ0n) is 8.56. The first-order valence-corrected chi connectivity index (χ1v) is 4.85. The Hall–Kier alpha value is -0.810. The van der Waals surface area contributed by atoms with E-state index >= 15 is 0 Å². The van der Waals surface area contributed by atoms with Gasteiger partial charge in [0, 0.05) is 6.54 Å². The molecule has 0 spiro atoms. The summed E-state index contributed by atoms with van der Waals surface area (Å²) < 4.78 is 0. The van der Waals surface area contributed by atoms with Gasteiger partial charge in [-0.25, -0.2) is 0 Å². The first-order chi connectivity index (χ1) is 6.08. The fraction of sp³-hybridized carbons (Fsp3) is 0.727. The number of hydrogen-bond donors (Lipinski definition) is 1. The van der Waals surface area contributed by atoms with Crippen molar-refractivity contribution in [1.29, 1.82) is 5.26 Å². The topological polar surface area (TPSA) is 35.8 Å². The summed E-state index contributed by atoms with van der Waals surface area (Å²) >= 11 is 0. The van der Waals surface area contributed by atoms with E-state index in [-0.39, 0.29) is 11.0 Å². The molecule has 1 unspecified atom stereocenters. The largest absolute Gasteiger partial charge is 0.295 e. The van der Waals surface area contributed by atoms with Gasteiger partial charge in [0.15, 0.2) is 0 Å². The van der Waals surface area contributed by atoms with Crippen molar-refractivity contribution in [2.45, 2.75) is 38.6 Å². The summed E-state index contributed by atoms with van der Waals surface area (Å²) in [6.07, 6.45) is 5.05. The van der Waals surface area contributed by atoms with Gasteiger partial charge in [0.25, 0.3) is 0 Å². The summed E-state index contributed by atoms with van der Waals surface area (Å²) in [5.74, 6) is 0. The fourth-order valence-corrected chi connectivity index (χ4v) is 2.17. The van der Waals surface area contributed by atoms with Crippen molar-refractivity contribution < 1.29 is 0 Å². The van der Waals surface area contributed by atoms with Gasteiger partial charge < -0.3 is 0 Å². The molecule has 1 fully saturated rings. The zero-order valence-corrected chi connectivity index (χ0v) is 8.56. The molecule has 0 aliphatic heterocycles. The lowest BCUT2D eigenvalue weighted by molar-refractivity contribution is 0.222. The van der Waals surface area contributed by atoms with E-state index in [0.717, 1.165) is 25.8 Å².